The molecule has 1 fully saturated rings. The standard InChI is InChI=1S/C15H24N2/c1-12(2)17-9-8-15(11-17)16-10-14-7-5-4-6-13(14)3/h4-7,12,15-16H,8-11H2,1-3H3. The molecule has 0 saturated carbocycles. The van der Waals surface area contributed by atoms with E-state index in [1.54, 1.807) is 0 Å². The van der Waals surface area contributed by atoms with Gasteiger partial charge in [-0.3, -0.25) is 4.90 Å². The topological polar surface area (TPSA) is 15.3 Å². The molecule has 17 heavy (non-hydrogen) atoms. The summed E-state index contributed by atoms with van der Waals surface area (Å²) in [7, 11) is 0. The zero-order chi connectivity index (χ0) is 12.3. The van der Waals surface area contributed by atoms with Crippen molar-refractivity contribution in [3.8, 4) is 0 Å². The molecular formula is C15H24N2. The highest BCUT2D eigenvalue weighted by atomic mass is 15.2. The first-order valence-corrected chi connectivity index (χ1v) is 6.68. The predicted molar refractivity (Wildman–Crippen MR) is 73.1 cm³/mol. The molecule has 94 valence electrons. The van der Waals surface area contributed by atoms with Gasteiger partial charge in [-0.2, -0.15) is 0 Å². The molecule has 0 aromatic heterocycles. The van der Waals surface area contributed by atoms with E-state index >= 15 is 0 Å². The van der Waals surface area contributed by atoms with Crippen LogP contribution in [0.1, 0.15) is 31.4 Å². The van der Waals surface area contributed by atoms with Gasteiger partial charge in [0.05, 0.1) is 0 Å². The zero-order valence-corrected chi connectivity index (χ0v) is 11.2. The molecule has 2 rings (SSSR count). The third kappa shape index (κ3) is 3.30. The van der Waals surface area contributed by atoms with Gasteiger partial charge in [0.15, 0.2) is 0 Å². The Balaban J connectivity index is 1.82. The Bertz CT molecular complexity index is 360. The quantitative estimate of drug-likeness (QED) is 0.858. The maximum atomic E-state index is 3.68. The molecule has 2 heteroatoms. The van der Waals surface area contributed by atoms with E-state index in [1.165, 1.54) is 30.6 Å². The van der Waals surface area contributed by atoms with Gasteiger partial charge in [0, 0.05) is 25.2 Å². The van der Waals surface area contributed by atoms with Crippen LogP contribution in [0.5, 0.6) is 0 Å². The summed E-state index contributed by atoms with van der Waals surface area (Å²) in [6.07, 6.45) is 1.28. The monoisotopic (exact) mass is 232 g/mol. The Kier molecular flexibility index (Phi) is 4.19. The van der Waals surface area contributed by atoms with Crippen LogP contribution in [-0.2, 0) is 6.54 Å². The Morgan fingerprint density at radius 1 is 1.35 bits per heavy atom. The van der Waals surface area contributed by atoms with E-state index in [9.17, 15) is 0 Å². The van der Waals surface area contributed by atoms with Crippen molar-refractivity contribution in [2.24, 2.45) is 0 Å². The van der Waals surface area contributed by atoms with Gasteiger partial charge in [0.2, 0.25) is 0 Å². The van der Waals surface area contributed by atoms with E-state index in [2.05, 4.69) is 55.3 Å². The number of aryl methyl sites for hydroxylation is 1. The van der Waals surface area contributed by atoms with Crippen LogP contribution in [0, 0.1) is 6.92 Å². The highest BCUT2D eigenvalue weighted by Gasteiger charge is 2.23. The van der Waals surface area contributed by atoms with Crippen molar-refractivity contribution in [2.75, 3.05) is 13.1 Å². The molecule has 0 bridgehead atoms. The van der Waals surface area contributed by atoms with Crippen LogP contribution in [0.15, 0.2) is 24.3 Å². The van der Waals surface area contributed by atoms with E-state index in [4.69, 9.17) is 0 Å². The molecule has 1 aromatic carbocycles. The second kappa shape index (κ2) is 5.65. The summed E-state index contributed by atoms with van der Waals surface area (Å²) in [5, 5.41) is 3.68. The maximum absolute atomic E-state index is 3.68. The van der Waals surface area contributed by atoms with Crippen LogP contribution in [0.4, 0.5) is 0 Å². The van der Waals surface area contributed by atoms with Gasteiger partial charge in [-0.05, 0) is 44.9 Å². The van der Waals surface area contributed by atoms with Gasteiger partial charge < -0.3 is 5.32 Å². The summed E-state index contributed by atoms with van der Waals surface area (Å²) in [6, 6.07) is 9.98. The summed E-state index contributed by atoms with van der Waals surface area (Å²) in [6.45, 7) is 10.2. The fourth-order valence-electron chi connectivity index (χ4n) is 2.49. The largest absolute Gasteiger partial charge is 0.309 e. The Morgan fingerprint density at radius 3 is 2.76 bits per heavy atom. The van der Waals surface area contributed by atoms with Gasteiger partial charge in [-0.15, -0.1) is 0 Å². The number of benzene rings is 1. The zero-order valence-electron chi connectivity index (χ0n) is 11.2. The minimum atomic E-state index is 0.664. The number of rotatable bonds is 4. The number of nitrogens with one attached hydrogen (secondary N) is 1. The van der Waals surface area contributed by atoms with Gasteiger partial charge >= 0.3 is 0 Å². The second-order valence-electron chi connectivity index (χ2n) is 5.38. The van der Waals surface area contributed by atoms with Crippen molar-refractivity contribution < 1.29 is 0 Å². The van der Waals surface area contributed by atoms with Crippen molar-refractivity contribution >= 4 is 0 Å². The van der Waals surface area contributed by atoms with Crippen molar-refractivity contribution in [2.45, 2.75) is 45.8 Å². The fourth-order valence-corrected chi connectivity index (χ4v) is 2.49. The van der Waals surface area contributed by atoms with E-state index in [1.807, 2.05) is 0 Å². The molecule has 0 radical (unpaired) electrons. The fraction of sp³-hybridized carbons (Fsp3) is 0.600. The minimum absolute atomic E-state index is 0.664. The summed E-state index contributed by atoms with van der Waals surface area (Å²) >= 11 is 0. The lowest BCUT2D eigenvalue weighted by atomic mass is 10.1. The molecule has 1 saturated heterocycles. The smallest absolute Gasteiger partial charge is 0.0211 e. The SMILES string of the molecule is Cc1ccccc1CNC1CCN(C(C)C)C1. The Hall–Kier alpha value is -0.860. The van der Waals surface area contributed by atoms with Gasteiger partial charge in [-0.25, -0.2) is 0 Å². The molecule has 1 aliphatic heterocycles. The number of hydrogen-bond donors (Lipinski definition) is 1. The van der Waals surface area contributed by atoms with Crippen LogP contribution in [0.2, 0.25) is 0 Å². The number of hydrogen-bond acceptors (Lipinski definition) is 2. The molecule has 1 unspecified atom stereocenters. The lowest BCUT2D eigenvalue weighted by molar-refractivity contribution is 0.268. The first kappa shape index (κ1) is 12.6. The second-order valence-corrected chi connectivity index (χ2v) is 5.38. The molecule has 1 aliphatic rings. The van der Waals surface area contributed by atoms with Crippen molar-refractivity contribution in [1.29, 1.82) is 0 Å². The van der Waals surface area contributed by atoms with E-state index < -0.39 is 0 Å². The molecule has 1 atom stereocenters. The molecule has 1 aromatic rings. The lowest BCUT2D eigenvalue weighted by Gasteiger charge is -2.20. The normalized spacial score (nSPS) is 21.3. The molecule has 0 spiro atoms. The molecule has 1 N–H and O–H groups in total. The van der Waals surface area contributed by atoms with Crippen LogP contribution in [-0.4, -0.2) is 30.1 Å². The minimum Gasteiger partial charge on any atom is -0.309 e. The van der Waals surface area contributed by atoms with Crippen LogP contribution < -0.4 is 5.32 Å². The highest BCUT2D eigenvalue weighted by molar-refractivity contribution is 5.25. The van der Waals surface area contributed by atoms with E-state index in [-0.39, 0.29) is 0 Å². The summed E-state index contributed by atoms with van der Waals surface area (Å²) in [5.74, 6) is 0. The molecule has 2 nitrogen and oxygen atoms in total. The average Bonchev–Trinajstić information content (AvgIpc) is 2.77. The van der Waals surface area contributed by atoms with Crippen molar-refractivity contribution in [3.05, 3.63) is 35.4 Å². The molecule has 0 aliphatic carbocycles. The third-order valence-electron chi connectivity index (χ3n) is 3.79. The summed E-state index contributed by atoms with van der Waals surface area (Å²) < 4.78 is 0. The average molecular weight is 232 g/mol. The summed E-state index contributed by atoms with van der Waals surface area (Å²) in [5.41, 5.74) is 2.81. The molecular weight excluding hydrogens is 208 g/mol. The van der Waals surface area contributed by atoms with Crippen molar-refractivity contribution in [3.63, 3.8) is 0 Å². The predicted octanol–water partition coefficient (Wildman–Crippen LogP) is 2.57. The van der Waals surface area contributed by atoms with Crippen molar-refractivity contribution in [1.82, 2.24) is 10.2 Å². The van der Waals surface area contributed by atoms with E-state index in [0.717, 1.165) is 6.54 Å². The third-order valence-corrected chi connectivity index (χ3v) is 3.79. The van der Waals surface area contributed by atoms with Crippen LogP contribution >= 0.6 is 0 Å². The summed E-state index contributed by atoms with van der Waals surface area (Å²) in [4.78, 5) is 2.55. The maximum Gasteiger partial charge on any atom is 0.0211 e. The number of likely N-dealkylation sites (tertiary alicyclic amines) is 1. The van der Waals surface area contributed by atoms with Crippen LogP contribution in [0.3, 0.4) is 0 Å². The lowest BCUT2D eigenvalue weighted by Crippen LogP contribution is -2.34. The number of nitrogens with zero attached hydrogens (tertiary/aromatic N) is 1. The highest BCUT2D eigenvalue weighted by Crippen LogP contribution is 2.13. The Labute approximate surface area is 105 Å². The molecule has 1 heterocycles. The van der Waals surface area contributed by atoms with Crippen LogP contribution in [0.25, 0.3) is 0 Å². The Morgan fingerprint density at radius 2 is 2.12 bits per heavy atom. The first-order chi connectivity index (χ1) is 8.16. The first-order valence-electron chi connectivity index (χ1n) is 6.68. The molecule has 0 amide bonds. The van der Waals surface area contributed by atoms with E-state index in [0.29, 0.717) is 12.1 Å². The van der Waals surface area contributed by atoms with Gasteiger partial charge in [-0.1, -0.05) is 24.3 Å². The van der Waals surface area contributed by atoms with Gasteiger partial charge in [0.1, 0.15) is 0 Å². The van der Waals surface area contributed by atoms with Gasteiger partial charge in [0.25, 0.3) is 0 Å².